The van der Waals surface area contributed by atoms with Gasteiger partial charge in [0.05, 0.1) is 29.6 Å². The van der Waals surface area contributed by atoms with Gasteiger partial charge in [-0.05, 0) is 59.4 Å². The summed E-state index contributed by atoms with van der Waals surface area (Å²) >= 11 is 0. The highest BCUT2D eigenvalue weighted by atomic mass is 32.2. The lowest BCUT2D eigenvalue weighted by Crippen LogP contribution is -2.26. The van der Waals surface area contributed by atoms with Gasteiger partial charge >= 0.3 is 6.18 Å². The molecule has 1 aromatic heterocycles. The fourth-order valence-electron chi connectivity index (χ4n) is 4.41. The summed E-state index contributed by atoms with van der Waals surface area (Å²) in [5, 5.41) is 0. The standard InChI is InChI=1S/C29H30F3N3O3S/c1-20(22-6-5-7-24(15-22)29(30,31)32)14-23-10-13-26(16-27(23)28-18-34(2)19-33-28)39(36,37)35(3)17-21-8-11-25(38-4)12-9-21/h5-13,15-16,18-20H,14,17H2,1-4H3/t20-/m0/s1. The molecule has 0 amide bonds. The second-order valence-corrected chi connectivity index (χ2v) is 11.6. The maximum Gasteiger partial charge on any atom is 0.416 e. The van der Waals surface area contributed by atoms with Gasteiger partial charge in [0.2, 0.25) is 10.0 Å². The number of sulfonamides is 1. The Morgan fingerprint density at radius 2 is 1.77 bits per heavy atom. The number of benzene rings is 3. The van der Waals surface area contributed by atoms with Crippen LogP contribution >= 0.6 is 0 Å². The monoisotopic (exact) mass is 557 g/mol. The molecule has 0 fully saturated rings. The van der Waals surface area contributed by atoms with Crippen LogP contribution in [0, 0.1) is 0 Å². The van der Waals surface area contributed by atoms with Crippen LogP contribution in [0.4, 0.5) is 13.2 Å². The van der Waals surface area contributed by atoms with E-state index in [9.17, 15) is 21.6 Å². The van der Waals surface area contributed by atoms with Gasteiger partial charge in [-0.3, -0.25) is 0 Å². The molecule has 1 atom stereocenters. The summed E-state index contributed by atoms with van der Waals surface area (Å²) in [4.78, 5) is 4.53. The largest absolute Gasteiger partial charge is 0.497 e. The van der Waals surface area contributed by atoms with Gasteiger partial charge < -0.3 is 9.30 Å². The molecule has 0 aliphatic carbocycles. The van der Waals surface area contributed by atoms with E-state index in [0.717, 1.165) is 23.3 Å². The quantitative estimate of drug-likeness (QED) is 0.243. The minimum Gasteiger partial charge on any atom is -0.497 e. The molecular formula is C29H30F3N3O3S. The number of imidazole rings is 1. The molecule has 0 aliphatic heterocycles. The Kier molecular flexibility index (Phi) is 8.17. The third kappa shape index (κ3) is 6.51. The molecule has 206 valence electrons. The number of rotatable bonds is 9. The lowest BCUT2D eigenvalue weighted by Gasteiger charge is -2.20. The van der Waals surface area contributed by atoms with Gasteiger partial charge in [0, 0.05) is 32.4 Å². The Morgan fingerprint density at radius 1 is 1.05 bits per heavy atom. The number of methoxy groups -OCH3 is 1. The zero-order valence-electron chi connectivity index (χ0n) is 22.1. The number of aryl methyl sites for hydroxylation is 1. The first-order chi connectivity index (χ1) is 18.4. The first-order valence-corrected chi connectivity index (χ1v) is 13.7. The van der Waals surface area contributed by atoms with E-state index in [2.05, 4.69) is 4.98 Å². The normalized spacial score (nSPS) is 13.0. The molecule has 0 radical (unpaired) electrons. The van der Waals surface area contributed by atoms with Gasteiger partial charge in [-0.25, -0.2) is 13.4 Å². The van der Waals surface area contributed by atoms with Crippen LogP contribution in [0.25, 0.3) is 11.3 Å². The van der Waals surface area contributed by atoms with E-state index in [-0.39, 0.29) is 17.4 Å². The predicted octanol–water partition coefficient (Wildman–Crippen LogP) is 6.28. The maximum atomic E-state index is 13.5. The van der Waals surface area contributed by atoms with E-state index in [1.165, 1.54) is 17.4 Å². The summed E-state index contributed by atoms with van der Waals surface area (Å²) in [6.07, 6.45) is -0.629. The Labute approximate surface area is 226 Å². The minimum absolute atomic E-state index is 0.106. The number of halogens is 3. The summed E-state index contributed by atoms with van der Waals surface area (Å²) in [6.45, 7) is 2.02. The van der Waals surface area contributed by atoms with Crippen LogP contribution in [0.3, 0.4) is 0 Å². The Balaban J connectivity index is 1.66. The Hall–Kier alpha value is -3.63. The van der Waals surface area contributed by atoms with Crippen molar-refractivity contribution in [3.05, 3.63) is 102 Å². The molecule has 0 bridgehead atoms. The number of nitrogens with zero attached hydrogens (tertiary/aromatic N) is 3. The van der Waals surface area contributed by atoms with Crippen LogP contribution in [0.2, 0.25) is 0 Å². The third-order valence-corrected chi connectivity index (χ3v) is 8.44. The van der Waals surface area contributed by atoms with E-state index in [1.54, 1.807) is 60.6 Å². The Morgan fingerprint density at radius 3 is 2.38 bits per heavy atom. The van der Waals surface area contributed by atoms with Gasteiger partial charge in [-0.15, -0.1) is 0 Å². The van der Waals surface area contributed by atoms with Crippen LogP contribution in [-0.2, 0) is 36.2 Å². The predicted molar refractivity (Wildman–Crippen MR) is 144 cm³/mol. The van der Waals surface area contributed by atoms with Crippen molar-refractivity contribution < 1.29 is 26.3 Å². The average molecular weight is 558 g/mol. The number of ether oxygens (including phenoxy) is 1. The molecule has 1 heterocycles. The highest BCUT2D eigenvalue weighted by Crippen LogP contribution is 2.34. The maximum absolute atomic E-state index is 13.5. The molecule has 0 saturated heterocycles. The van der Waals surface area contributed by atoms with E-state index < -0.39 is 21.8 Å². The summed E-state index contributed by atoms with van der Waals surface area (Å²) in [6, 6.07) is 17.3. The molecule has 4 aromatic rings. The van der Waals surface area contributed by atoms with E-state index in [0.29, 0.717) is 29.0 Å². The molecule has 0 spiro atoms. The molecule has 3 aromatic carbocycles. The fourth-order valence-corrected chi connectivity index (χ4v) is 5.59. The van der Waals surface area contributed by atoms with E-state index >= 15 is 0 Å². The molecule has 10 heteroatoms. The van der Waals surface area contributed by atoms with Crippen LogP contribution in [0.15, 0.2) is 84.1 Å². The van der Waals surface area contributed by atoms with Crippen molar-refractivity contribution in [2.75, 3.05) is 14.2 Å². The zero-order valence-corrected chi connectivity index (χ0v) is 22.9. The number of alkyl halides is 3. The van der Waals surface area contributed by atoms with Gasteiger partial charge in [0.15, 0.2) is 0 Å². The lowest BCUT2D eigenvalue weighted by molar-refractivity contribution is -0.137. The molecule has 39 heavy (non-hydrogen) atoms. The van der Waals surface area contributed by atoms with Crippen LogP contribution in [-0.4, -0.2) is 36.4 Å². The zero-order chi connectivity index (χ0) is 28.4. The van der Waals surface area contributed by atoms with Crippen LogP contribution < -0.4 is 4.74 Å². The fraction of sp³-hybridized carbons (Fsp3) is 0.276. The summed E-state index contributed by atoms with van der Waals surface area (Å²) in [5.41, 5.74) is 2.64. The summed E-state index contributed by atoms with van der Waals surface area (Å²) < 4.78 is 75.0. The lowest BCUT2D eigenvalue weighted by atomic mass is 9.90. The molecular weight excluding hydrogens is 527 g/mol. The topological polar surface area (TPSA) is 64.4 Å². The van der Waals surface area contributed by atoms with E-state index in [1.807, 2.05) is 26.1 Å². The van der Waals surface area contributed by atoms with Crippen molar-refractivity contribution >= 4 is 10.0 Å². The molecule has 4 rings (SSSR count). The van der Waals surface area contributed by atoms with Crippen molar-refractivity contribution in [2.24, 2.45) is 7.05 Å². The van der Waals surface area contributed by atoms with Crippen LogP contribution in [0.5, 0.6) is 5.75 Å². The Bertz CT molecular complexity index is 1550. The molecule has 6 nitrogen and oxygen atoms in total. The van der Waals surface area contributed by atoms with Gasteiger partial charge in [-0.2, -0.15) is 17.5 Å². The first kappa shape index (κ1) is 28.4. The summed E-state index contributed by atoms with van der Waals surface area (Å²) in [7, 11) is 1.04. The minimum atomic E-state index is -4.43. The highest BCUT2D eigenvalue weighted by Gasteiger charge is 2.31. The number of hydrogen-bond acceptors (Lipinski definition) is 4. The summed E-state index contributed by atoms with van der Waals surface area (Å²) in [5.74, 6) is 0.425. The van der Waals surface area contributed by atoms with Gasteiger partial charge in [0.25, 0.3) is 0 Å². The average Bonchev–Trinajstić information content (AvgIpc) is 3.34. The molecule has 0 aliphatic rings. The number of aromatic nitrogens is 2. The highest BCUT2D eigenvalue weighted by molar-refractivity contribution is 7.89. The molecule has 0 N–H and O–H groups in total. The smallest absolute Gasteiger partial charge is 0.416 e. The second kappa shape index (κ2) is 11.2. The van der Waals surface area contributed by atoms with Gasteiger partial charge in [-0.1, -0.05) is 43.3 Å². The van der Waals surface area contributed by atoms with Crippen molar-refractivity contribution in [1.82, 2.24) is 13.9 Å². The van der Waals surface area contributed by atoms with Gasteiger partial charge in [0.1, 0.15) is 5.75 Å². The first-order valence-electron chi connectivity index (χ1n) is 12.3. The van der Waals surface area contributed by atoms with Crippen molar-refractivity contribution in [1.29, 1.82) is 0 Å². The van der Waals surface area contributed by atoms with E-state index in [4.69, 9.17) is 4.74 Å². The third-order valence-electron chi connectivity index (χ3n) is 6.64. The van der Waals surface area contributed by atoms with Crippen molar-refractivity contribution in [2.45, 2.75) is 36.9 Å². The van der Waals surface area contributed by atoms with Crippen LogP contribution in [0.1, 0.15) is 35.1 Å². The SMILES string of the molecule is COc1ccc(CN(C)S(=O)(=O)c2ccc(C[C@H](C)c3cccc(C(F)(F)F)c3)c(-c3cn(C)cn3)c2)cc1. The number of hydrogen-bond donors (Lipinski definition) is 0. The molecule has 0 saturated carbocycles. The van der Waals surface area contributed by atoms with Crippen molar-refractivity contribution in [3.63, 3.8) is 0 Å². The van der Waals surface area contributed by atoms with Crippen molar-refractivity contribution in [3.8, 4) is 17.0 Å². The molecule has 0 unspecified atom stereocenters. The second-order valence-electron chi connectivity index (χ2n) is 9.58.